The van der Waals surface area contributed by atoms with E-state index >= 15 is 0 Å². The highest BCUT2D eigenvalue weighted by Gasteiger charge is 2.21. The lowest BCUT2D eigenvalue weighted by molar-refractivity contribution is -0.394. The fourth-order valence-corrected chi connectivity index (χ4v) is 2.43. The zero-order chi connectivity index (χ0) is 22.4. The van der Waals surface area contributed by atoms with Crippen molar-refractivity contribution in [2.24, 2.45) is 5.10 Å². The van der Waals surface area contributed by atoms with Crippen LogP contribution in [-0.2, 0) is 0 Å². The Morgan fingerprint density at radius 1 is 1.07 bits per heavy atom. The van der Waals surface area contributed by atoms with Crippen molar-refractivity contribution in [2.75, 3.05) is 14.2 Å². The predicted octanol–water partition coefficient (Wildman–Crippen LogP) is 1.98. The number of nitro benzene ring substituents is 2. The van der Waals surface area contributed by atoms with Crippen LogP contribution >= 0.6 is 0 Å². The number of nitrogens with one attached hydrogen (secondary N) is 1. The van der Waals surface area contributed by atoms with Gasteiger partial charge in [-0.05, 0) is 12.1 Å². The highest BCUT2D eigenvalue weighted by molar-refractivity contribution is 6.02. The molecule has 2 aromatic carbocycles. The summed E-state index contributed by atoms with van der Waals surface area (Å²) in [5.74, 6) is -2.21. The van der Waals surface area contributed by atoms with Crippen LogP contribution in [0.2, 0.25) is 0 Å². The largest absolute Gasteiger partial charge is 0.493 e. The van der Waals surface area contributed by atoms with Crippen LogP contribution in [0.25, 0.3) is 0 Å². The van der Waals surface area contributed by atoms with E-state index in [1.807, 2.05) is 5.43 Å². The minimum atomic E-state index is -1.34. The van der Waals surface area contributed by atoms with Crippen molar-refractivity contribution < 1.29 is 34.0 Å². The molecule has 0 unspecified atom stereocenters. The molecule has 30 heavy (non-hydrogen) atoms. The summed E-state index contributed by atoms with van der Waals surface area (Å²) < 4.78 is 10.1. The maximum atomic E-state index is 12.2. The fraction of sp³-hybridized carbons (Fsp3) is 0.118. The molecule has 0 heterocycles. The summed E-state index contributed by atoms with van der Waals surface area (Å²) in [5, 5.41) is 34.9. The van der Waals surface area contributed by atoms with Crippen molar-refractivity contribution in [3.05, 3.63) is 67.3 Å². The maximum absolute atomic E-state index is 12.2. The van der Waals surface area contributed by atoms with E-state index < -0.39 is 33.1 Å². The molecular weight excluding hydrogens is 404 g/mol. The van der Waals surface area contributed by atoms with E-state index in [4.69, 9.17) is 9.47 Å². The Balaban J connectivity index is 2.34. The van der Waals surface area contributed by atoms with Crippen LogP contribution < -0.4 is 14.9 Å². The van der Waals surface area contributed by atoms with E-state index in [9.17, 15) is 34.9 Å². The quantitative estimate of drug-likeness (QED) is 0.367. The van der Waals surface area contributed by atoms with E-state index in [2.05, 4.69) is 5.10 Å². The van der Waals surface area contributed by atoms with E-state index in [0.29, 0.717) is 6.07 Å². The minimum Gasteiger partial charge on any atom is -0.493 e. The number of carboxylic acid groups (broad SMARTS) is 1. The number of non-ortho nitro benzene ring substituents is 2. The number of hydrogen-bond donors (Lipinski definition) is 2. The Morgan fingerprint density at radius 3 is 2.13 bits per heavy atom. The Labute approximate surface area is 167 Å². The number of hydrazone groups is 1. The third-order valence-corrected chi connectivity index (χ3v) is 3.75. The number of benzene rings is 2. The van der Waals surface area contributed by atoms with Gasteiger partial charge in [-0.25, -0.2) is 10.2 Å². The number of carbonyl (C=O) groups excluding carboxylic acids is 1. The SMILES string of the molecule is COc1ccc(/C=N/NC(=O)c2cc([N+](=O)[O-])cc([N+](=O)[O-])c2)c(C(=O)O)c1OC. The van der Waals surface area contributed by atoms with Crippen LogP contribution in [-0.4, -0.2) is 47.3 Å². The number of nitro groups is 2. The van der Waals surface area contributed by atoms with Gasteiger partial charge in [-0.2, -0.15) is 5.10 Å². The molecule has 13 nitrogen and oxygen atoms in total. The van der Waals surface area contributed by atoms with Crippen molar-refractivity contribution in [3.63, 3.8) is 0 Å². The summed E-state index contributed by atoms with van der Waals surface area (Å²) >= 11 is 0. The third kappa shape index (κ3) is 4.64. The molecule has 0 atom stereocenters. The highest BCUT2D eigenvalue weighted by atomic mass is 16.6. The van der Waals surface area contributed by atoms with Gasteiger partial charge in [0.1, 0.15) is 5.56 Å². The van der Waals surface area contributed by atoms with Gasteiger partial charge in [0.15, 0.2) is 11.5 Å². The summed E-state index contributed by atoms with van der Waals surface area (Å²) in [4.78, 5) is 43.8. The highest BCUT2D eigenvalue weighted by Crippen LogP contribution is 2.32. The minimum absolute atomic E-state index is 0.0606. The zero-order valence-electron chi connectivity index (χ0n) is 15.5. The zero-order valence-corrected chi connectivity index (χ0v) is 15.5. The number of carboxylic acids is 1. The molecule has 0 saturated heterocycles. The van der Waals surface area contributed by atoms with E-state index in [1.165, 1.54) is 26.4 Å². The van der Waals surface area contributed by atoms with Gasteiger partial charge in [0, 0.05) is 17.7 Å². The molecule has 1 amide bonds. The maximum Gasteiger partial charge on any atom is 0.340 e. The lowest BCUT2D eigenvalue weighted by Crippen LogP contribution is -2.18. The summed E-state index contributed by atoms with van der Waals surface area (Å²) in [6, 6.07) is 5.19. The van der Waals surface area contributed by atoms with Gasteiger partial charge in [-0.15, -0.1) is 0 Å². The molecule has 156 valence electrons. The Bertz CT molecular complexity index is 1030. The Kier molecular flexibility index (Phi) is 6.59. The number of carbonyl (C=O) groups is 2. The fourth-order valence-electron chi connectivity index (χ4n) is 2.43. The van der Waals surface area contributed by atoms with Crippen molar-refractivity contribution in [3.8, 4) is 11.5 Å². The van der Waals surface area contributed by atoms with Crippen LogP contribution in [0, 0.1) is 20.2 Å². The summed E-state index contributed by atoms with van der Waals surface area (Å²) in [6.45, 7) is 0. The number of aromatic carboxylic acids is 1. The molecule has 13 heteroatoms. The van der Waals surface area contributed by atoms with E-state index in [0.717, 1.165) is 18.3 Å². The van der Waals surface area contributed by atoms with Crippen molar-refractivity contribution in [2.45, 2.75) is 0 Å². The molecule has 0 aliphatic carbocycles. The second-order valence-electron chi connectivity index (χ2n) is 5.52. The second kappa shape index (κ2) is 9.09. The first kappa shape index (κ1) is 21.7. The number of amides is 1. The molecule has 0 aliphatic heterocycles. The molecule has 0 bridgehead atoms. The van der Waals surface area contributed by atoms with E-state index in [-0.39, 0.29) is 28.2 Å². The second-order valence-corrected chi connectivity index (χ2v) is 5.52. The molecule has 0 aromatic heterocycles. The van der Waals surface area contributed by atoms with Gasteiger partial charge >= 0.3 is 5.97 Å². The average molecular weight is 418 g/mol. The van der Waals surface area contributed by atoms with Gasteiger partial charge in [0.05, 0.1) is 41.9 Å². The Morgan fingerprint density at radius 2 is 1.67 bits per heavy atom. The topological polar surface area (TPSA) is 183 Å². The molecule has 2 rings (SSSR count). The third-order valence-electron chi connectivity index (χ3n) is 3.75. The van der Waals surface area contributed by atoms with Crippen LogP contribution in [0.15, 0.2) is 35.4 Å². The van der Waals surface area contributed by atoms with Gasteiger partial charge < -0.3 is 14.6 Å². The molecule has 0 saturated carbocycles. The first-order chi connectivity index (χ1) is 14.2. The molecular formula is C17H14N4O9. The monoisotopic (exact) mass is 418 g/mol. The van der Waals surface area contributed by atoms with Gasteiger partial charge in [-0.3, -0.25) is 25.0 Å². The molecule has 0 fully saturated rings. The predicted molar refractivity (Wildman–Crippen MR) is 101 cm³/mol. The van der Waals surface area contributed by atoms with Crippen molar-refractivity contribution >= 4 is 29.5 Å². The standard InChI is InChI=1S/C17H14N4O9/c1-29-13-4-3-9(14(17(23)24)15(13)30-2)8-18-19-16(22)10-5-11(20(25)26)7-12(6-10)21(27)28/h3-8H,1-2H3,(H,19,22)(H,23,24)/b18-8+. The Hall–Kier alpha value is -4.55. The van der Waals surface area contributed by atoms with Crippen molar-refractivity contribution in [1.82, 2.24) is 5.43 Å². The van der Waals surface area contributed by atoms with Crippen LogP contribution in [0.4, 0.5) is 11.4 Å². The van der Waals surface area contributed by atoms with Crippen LogP contribution in [0.3, 0.4) is 0 Å². The van der Waals surface area contributed by atoms with Gasteiger partial charge in [0.2, 0.25) is 0 Å². The van der Waals surface area contributed by atoms with Gasteiger partial charge in [-0.1, -0.05) is 0 Å². The number of rotatable bonds is 8. The number of nitrogens with zero attached hydrogens (tertiary/aromatic N) is 3. The number of hydrogen-bond acceptors (Lipinski definition) is 9. The van der Waals surface area contributed by atoms with Crippen LogP contribution in [0.5, 0.6) is 11.5 Å². The summed E-state index contributed by atoms with van der Waals surface area (Å²) in [5.41, 5.74) is 0.146. The number of methoxy groups -OCH3 is 2. The first-order valence-corrected chi connectivity index (χ1v) is 7.95. The lowest BCUT2D eigenvalue weighted by atomic mass is 10.1. The lowest BCUT2D eigenvalue weighted by Gasteiger charge is -2.12. The number of ether oxygens (including phenoxy) is 2. The molecule has 0 aliphatic rings. The van der Waals surface area contributed by atoms with Gasteiger partial charge in [0.25, 0.3) is 17.3 Å². The molecule has 2 aromatic rings. The smallest absolute Gasteiger partial charge is 0.340 e. The van der Waals surface area contributed by atoms with Crippen LogP contribution in [0.1, 0.15) is 26.3 Å². The van der Waals surface area contributed by atoms with Crippen molar-refractivity contribution in [1.29, 1.82) is 0 Å². The summed E-state index contributed by atoms with van der Waals surface area (Å²) in [6.07, 6.45) is 1.01. The molecule has 2 N–H and O–H groups in total. The normalized spacial score (nSPS) is 10.5. The molecule has 0 spiro atoms. The van der Waals surface area contributed by atoms with E-state index in [1.54, 1.807) is 0 Å². The summed E-state index contributed by atoms with van der Waals surface area (Å²) in [7, 11) is 2.58. The first-order valence-electron chi connectivity index (χ1n) is 7.95. The average Bonchev–Trinajstić information content (AvgIpc) is 2.72. The molecule has 0 radical (unpaired) electrons.